The fourth-order valence-corrected chi connectivity index (χ4v) is 5.11. The Morgan fingerprint density at radius 1 is 0.885 bits per heavy atom. The van der Waals surface area contributed by atoms with Crippen molar-refractivity contribution in [3.8, 4) is 0 Å². The van der Waals surface area contributed by atoms with Crippen LogP contribution < -0.4 is 0 Å². The lowest BCUT2D eigenvalue weighted by molar-refractivity contribution is 0.171. The quantitative estimate of drug-likeness (QED) is 0.359. The second-order valence-electron chi connectivity index (χ2n) is 8.53. The van der Waals surface area contributed by atoms with Crippen LogP contribution in [-0.4, -0.2) is 0 Å². The Bertz CT molecular complexity index is 576. The van der Waals surface area contributed by atoms with Crippen molar-refractivity contribution in [2.45, 2.75) is 83.5 Å². The molecule has 0 radical (unpaired) electrons. The average molecular weight is 361 g/mol. The summed E-state index contributed by atoms with van der Waals surface area (Å²) in [4.78, 5) is 0. The van der Waals surface area contributed by atoms with Crippen molar-refractivity contribution in [3.05, 3.63) is 47.5 Å². The van der Waals surface area contributed by atoms with Crippen molar-refractivity contribution in [2.75, 3.05) is 0 Å². The molecule has 0 aliphatic heterocycles. The average Bonchev–Trinajstić information content (AvgIpc) is 2.68. The highest BCUT2D eigenvalue weighted by molar-refractivity contribution is 5.22. The molecule has 0 amide bonds. The zero-order valence-electron chi connectivity index (χ0n) is 16.2. The zero-order chi connectivity index (χ0) is 18.4. The summed E-state index contributed by atoms with van der Waals surface area (Å²) in [6, 6.07) is 4.47. The Hall–Kier alpha value is -1.18. The SMILES string of the molecule is CCCCC=CC1CCC(C2CCC(c3ccc(F)c(F)c3)CC2)CC1. The highest BCUT2D eigenvalue weighted by Gasteiger charge is 2.30. The molecule has 2 fully saturated rings. The normalized spacial score (nSPS) is 30.0. The first-order valence-corrected chi connectivity index (χ1v) is 10.8. The van der Waals surface area contributed by atoms with Gasteiger partial charge >= 0.3 is 0 Å². The van der Waals surface area contributed by atoms with E-state index in [1.165, 1.54) is 69.9 Å². The van der Waals surface area contributed by atoms with Crippen LogP contribution in [0.5, 0.6) is 0 Å². The first-order chi connectivity index (χ1) is 12.7. The lowest BCUT2D eigenvalue weighted by Gasteiger charge is -2.37. The molecule has 0 aromatic heterocycles. The standard InChI is InChI=1S/C24H34F2/c1-2-3-4-5-6-18-7-9-19(10-8-18)20-11-13-21(14-12-20)22-15-16-23(25)24(26)17-22/h5-6,15-21H,2-4,7-14H2,1H3. The molecule has 2 aliphatic carbocycles. The van der Waals surface area contributed by atoms with E-state index in [0.29, 0.717) is 5.92 Å². The van der Waals surface area contributed by atoms with Crippen molar-refractivity contribution in [1.82, 2.24) is 0 Å². The first kappa shape index (κ1) is 19.6. The maximum absolute atomic E-state index is 13.5. The predicted molar refractivity (Wildman–Crippen MR) is 105 cm³/mol. The molecule has 0 N–H and O–H groups in total. The Morgan fingerprint density at radius 3 is 2.15 bits per heavy atom. The summed E-state index contributed by atoms with van der Waals surface area (Å²) in [7, 11) is 0. The van der Waals surface area contributed by atoms with E-state index in [2.05, 4.69) is 19.1 Å². The molecule has 0 bridgehead atoms. The molecule has 2 aliphatic rings. The Kier molecular flexibility index (Phi) is 7.28. The molecule has 3 rings (SSSR count). The molecule has 0 saturated heterocycles. The van der Waals surface area contributed by atoms with Gasteiger partial charge in [-0.3, -0.25) is 0 Å². The van der Waals surface area contributed by atoms with Crippen molar-refractivity contribution in [1.29, 1.82) is 0 Å². The van der Waals surface area contributed by atoms with Crippen LogP contribution in [0, 0.1) is 29.4 Å². The molecule has 2 heteroatoms. The monoisotopic (exact) mass is 360 g/mol. The van der Waals surface area contributed by atoms with Crippen LogP contribution in [0.1, 0.15) is 89.0 Å². The minimum absolute atomic E-state index is 0.416. The van der Waals surface area contributed by atoms with Crippen LogP contribution in [0.4, 0.5) is 8.78 Å². The van der Waals surface area contributed by atoms with Crippen molar-refractivity contribution in [3.63, 3.8) is 0 Å². The van der Waals surface area contributed by atoms with Gasteiger partial charge in [0.1, 0.15) is 0 Å². The number of halogens is 2. The lowest BCUT2D eigenvalue weighted by Crippen LogP contribution is -2.25. The van der Waals surface area contributed by atoms with Gasteiger partial charge in [-0.05, 0) is 99.2 Å². The van der Waals surface area contributed by atoms with E-state index in [-0.39, 0.29) is 0 Å². The third kappa shape index (κ3) is 5.18. The molecule has 0 nitrogen and oxygen atoms in total. The van der Waals surface area contributed by atoms with Crippen LogP contribution in [0.25, 0.3) is 0 Å². The second kappa shape index (κ2) is 9.67. The topological polar surface area (TPSA) is 0 Å². The van der Waals surface area contributed by atoms with Gasteiger partial charge in [-0.1, -0.05) is 38.0 Å². The van der Waals surface area contributed by atoms with Gasteiger partial charge in [-0.2, -0.15) is 0 Å². The number of allylic oxidation sites excluding steroid dienone is 2. The van der Waals surface area contributed by atoms with Crippen molar-refractivity contribution in [2.24, 2.45) is 17.8 Å². The number of hydrogen-bond donors (Lipinski definition) is 0. The van der Waals surface area contributed by atoms with Crippen LogP contribution in [-0.2, 0) is 0 Å². The maximum atomic E-state index is 13.5. The summed E-state index contributed by atoms with van der Waals surface area (Å²) in [5, 5.41) is 0. The van der Waals surface area contributed by atoms with Crippen LogP contribution in [0.15, 0.2) is 30.4 Å². The Balaban J connectivity index is 1.43. The number of rotatable bonds is 6. The van der Waals surface area contributed by atoms with E-state index in [1.807, 2.05) is 0 Å². The van der Waals surface area contributed by atoms with Gasteiger partial charge in [0.15, 0.2) is 11.6 Å². The van der Waals surface area contributed by atoms with Gasteiger partial charge in [0.25, 0.3) is 0 Å². The third-order valence-corrected chi connectivity index (χ3v) is 6.80. The highest BCUT2D eigenvalue weighted by atomic mass is 19.2. The number of benzene rings is 1. The van der Waals surface area contributed by atoms with Gasteiger partial charge < -0.3 is 0 Å². The minimum Gasteiger partial charge on any atom is -0.204 e. The molecule has 0 atom stereocenters. The summed E-state index contributed by atoms with van der Waals surface area (Å²) >= 11 is 0. The van der Waals surface area contributed by atoms with Crippen LogP contribution in [0.3, 0.4) is 0 Å². The molecule has 1 aromatic rings. The van der Waals surface area contributed by atoms with E-state index >= 15 is 0 Å². The van der Waals surface area contributed by atoms with Gasteiger partial charge in [0, 0.05) is 0 Å². The summed E-state index contributed by atoms with van der Waals surface area (Å²) in [6.07, 6.45) is 19.0. The molecule has 0 unspecified atom stereocenters. The number of hydrogen-bond acceptors (Lipinski definition) is 0. The smallest absolute Gasteiger partial charge is 0.159 e. The van der Waals surface area contributed by atoms with E-state index in [1.54, 1.807) is 6.07 Å². The van der Waals surface area contributed by atoms with E-state index in [4.69, 9.17) is 0 Å². The van der Waals surface area contributed by atoms with Crippen LogP contribution >= 0.6 is 0 Å². The molecule has 0 spiro atoms. The lowest BCUT2D eigenvalue weighted by atomic mass is 9.68. The summed E-state index contributed by atoms with van der Waals surface area (Å²) in [6.45, 7) is 2.25. The van der Waals surface area contributed by atoms with Gasteiger partial charge in [0.2, 0.25) is 0 Å². The van der Waals surface area contributed by atoms with Crippen LogP contribution in [0.2, 0.25) is 0 Å². The summed E-state index contributed by atoms with van der Waals surface area (Å²) < 4.78 is 26.6. The fourth-order valence-electron chi connectivity index (χ4n) is 5.11. The summed E-state index contributed by atoms with van der Waals surface area (Å²) in [5.41, 5.74) is 0.989. The zero-order valence-corrected chi connectivity index (χ0v) is 16.2. The van der Waals surface area contributed by atoms with Gasteiger partial charge in [0.05, 0.1) is 0 Å². The Morgan fingerprint density at radius 2 is 1.54 bits per heavy atom. The number of unbranched alkanes of at least 4 members (excludes halogenated alkanes) is 2. The van der Waals surface area contributed by atoms with Crippen molar-refractivity contribution >= 4 is 0 Å². The highest BCUT2D eigenvalue weighted by Crippen LogP contribution is 2.44. The molecule has 26 heavy (non-hydrogen) atoms. The van der Waals surface area contributed by atoms with Crippen molar-refractivity contribution < 1.29 is 8.78 Å². The molecular weight excluding hydrogens is 326 g/mol. The third-order valence-electron chi connectivity index (χ3n) is 6.80. The predicted octanol–water partition coefficient (Wildman–Crippen LogP) is 7.79. The van der Waals surface area contributed by atoms with Gasteiger partial charge in [-0.15, -0.1) is 0 Å². The molecule has 0 heterocycles. The van der Waals surface area contributed by atoms with E-state index in [9.17, 15) is 8.78 Å². The first-order valence-electron chi connectivity index (χ1n) is 10.8. The molecular formula is C24H34F2. The largest absolute Gasteiger partial charge is 0.204 e. The minimum atomic E-state index is -0.733. The fraction of sp³-hybridized carbons (Fsp3) is 0.667. The Labute approximate surface area is 158 Å². The molecule has 2 saturated carbocycles. The van der Waals surface area contributed by atoms with E-state index in [0.717, 1.165) is 36.2 Å². The van der Waals surface area contributed by atoms with E-state index < -0.39 is 11.6 Å². The van der Waals surface area contributed by atoms with Gasteiger partial charge in [-0.25, -0.2) is 8.78 Å². The molecule has 1 aromatic carbocycles. The summed E-state index contributed by atoms with van der Waals surface area (Å²) in [5.74, 6) is 1.53. The second-order valence-corrected chi connectivity index (χ2v) is 8.53. The molecule has 144 valence electrons. The maximum Gasteiger partial charge on any atom is 0.159 e.